The number of anilines is 1. The smallest absolute Gasteiger partial charge is 0.409 e. The van der Waals surface area contributed by atoms with Gasteiger partial charge in [0.15, 0.2) is 5.82 Å². The average molecular weight is 702 g/mol. The molecular weight excluding hydrogens is 656 g/mol. The van der Waals surface area contributed by atoms with E-state index in [0.29, 0.717) is 72.5 Å². The number of nitrogens with zero attached hydrogens (tertiary/aromatic N) is 6. The second-order valence-corrected chi connectivity index (χ2v) is 14.6. The zero-order valence-corrected chi connectivity index (χ0v) is 29.7. The third kappa shape index (κ3) is 5.87. The standard InChI is InChI=1S/C38H45F2N7O4/c1-5-26-28(39)13-10-22-8-6-9-27(29(22)26)32-31(40)33-30(35(42-32)49-4)34(46-18-23-11-12-24(19-46)41-23)44-36(43-33)51-21-38-15-7-17-47(38)25(14-16-38)20-50-37(48)45(2)3/h6,8-10,13,23-25,41H,5,7,11-12,14-21H2,1-4H3/t23?,24?,25-,38-/m1/s1. The van der Waals surface area contributed by atoms with Gasteiger partial charge in [0.05, 0.1) is 12.6 Å². The minimum atomic E-state index is -0.638. The maximum absolute atomic E-state index is 17.2. The second-order valence-electron chi connectivity index (χ2n) is 14.6. The zero-order chi connectivity index (χ0) is 35.4. The Bertz CT molecular complexity index is 1980. The van der Waals surface area contributed by atoms with Gasteiger partial charge in [-0.3, -0.25) is 4.90 Å². The summed E-state index contributed by atoms with van der Waals surface area (Å²) in [5.41, 5.74) is 0.795. The Morgan fingerprint density at radius 2 is 1.84 bits per heavy atom. The molecule has 0 radical (unpaired) electrons. The number of aromatic nitrogens is 3. The number of aryl methyl sites for hydroxylation is 1. The Balaban J connectivity index is 1.21. The summed E-state index contributed by atoms with van der Waals surface area (Å²) in [5.74, 6) is -0.251. The molecule has 4 aliphatic rings. The van der Waals surface area contributed by atoms with Gasteiger partial charge in [0, 0.05) is 50.9 Å². The molecule has 0 aliphatic carbocycles. The summed E-state index contributed by atoms with van der Waals surface area (Å²) in [5, 5.41) is 5.46. The molecule has 2 aromatic heterocycles. The number of carbonyl (C=O) groups excluding carboxylic acids is 1. The van der Waals surface area contributed by atoms with Crippen LogP contribution in [0.1, 0.15) is 51.0 Å². The van der Waals surface area contributed by atoms with Crippen molar-refractivity contribution in [2.75, 3.05) is 59.0 Å². The first-order valence-corrected chi connectivity index (χ1v) is 18.1. The van der Waals surface area contributed by atoms with Gasteiger partial charge in [0.2, 0.25) is 5.88 Å². The molecule has 2 aromatic carbocycles. The number of nitrogens with one attached hydrogen (secondary N) is 1. The summed E-state index contributed by atoms with van der Waals surface area (Å²) in [4.78, 5) is 32.7. The lowest BCUT2D eigenvalue weighted by Gasteiger charge is -2.35. The van der Waals surface area contributed by atoms with Gasteiger partial charge >= 0.3 is 12.1 Å². The molecule has 2 unspecified atom stereocenters. The quantitative estimate of drug-likeness (QED) is 0.234. The summed E-state index contributed by atoms with van der Waals surface area (Å²) in [6, 6.07) is 9.42. The van der Waals surface area contributed by atoms with Crippen molar-refractivity contribution in [1.82, 2.24) is 30.1 Å². The number of halogens is 2. The minimum absolute atomic E-state index is 0.0349. The Kier molecular flexibility index (Phi) is 8.82. The van der Waals surface area contributed by atoms with Crippen LogP contribution in [0.3, 0.4) is 0 Å². The van der Waals surface area contributed by atoms with E-state index in [1.807, 2.05) is 19.1 Å². The topological polar surface area (TPSA) is 105 Å². The Hall–Kier alpha value is -4.36. The zero-order valence-electron chi connectivity index (χ0n) is 29.7. The molecule has 0 saturated carbocycles. The first kappa shape index (κ1) is 33.8. The highest BCUT2D eigenvalue weighted by atomic mass is 19.1. The molecule has 0 spiro atoms. The van der Waals surface area contributed by atoms with Crippen molar-refractivity contribution in [3.05, 3.63) is 47.5 Å². The lowest BCUT2D eigenvalue weighted by atomic mass is 9.95. The SMILES string of the molecule is CCc1c(F)ccc2cccc(-c3nc(OC)c4c(N5CC6CCC(C5)N6)nc(OC[C@]56CCCN5[C@@H](COC(=O)N(C)C)CC6)nc4c3F)c12. The van der Waals surface area contributed by atoms with Crippen LogP contribution in [-0.4, -0.2) is 109 Å². The van der Waals surface area contributed by atoms with Crippen molar-refractivity contribution in [2.24, 2.45) is 0 Å². The van der Waals surface area contributed by atoms with Gasteiger partial charge in [-0.05, 0) is 73.9 Å². The molecular formula is C38H45F2N7O4. The maximum atomic E-state index is 17.2. The first-order valence-electron chi connectivity index (χ1n) is 18.1. The number of pyridine rings is 1. The van der Waals surface area contributed by atoms with Crippen LogP contribution >= 0.6 is 0 Å². The van der Waals surface area contributed by atoms with E-state index in [-0.39, 0.29) is 46.6 Å². The van der Waals surface area contributed by atoms with Gasteiger partial charge < -0.3 is 29.3 Å². The average Bonchev–Trinajstić information content (AvgIpc) is 3.82. The first-order chi connectivity index (χ1) is 24.7. The van der Waals surface area contributed by atoms with E-state index in [1.54, 1.807) is 26.2 Å². The third-order valence-electron chi connectivity index (χ3n) is 11.4. The summed E-state index contributed by atoms with van der Waals surface area (Å²) >= 11 is 0. The fourth-order valence-corrected chi connectivity index (χ4v) is 8.95. The van der Waals surface area contributed by atoms with Crippen molar-refractivity contribution < 1.29 is 27.8 Å². The Morgan fingerprint density at radius 1 is 1.04 bits per heavy atom. The van der Waals surface area contributed by atoms with Crippen molar-refractivity contribution in [3.8, 4) is 23.1 Å². The number of methoxy groups -OCH3 is 1. The van der Waals surface area contributed by atoms with Gasteiger partial charge in [-0.2, -0.15) is 9.97 Å². The Labute approximate surface area is 296 Å². The number of benzene rings is 2. The normalized spacial score (nSPS) is 24.4. The number of amides is 1. The fourth-order valence-electron chi connectivity index (χ4n) is 8.95. The number of carbonyl (C=O) groups is 1. The highest BCUT2D eigenvalue weighted by Gasteiger charge is 2.50. The molecule has 51 heavy (non-hydrogen) atoms. The molecule has 4 aliphatic heterocycles. The van der Waals surface area contributed by atoms with Crippen LogP contribution in [0.15, 0.2) is 30.3 Å². The molecule has 8 rings (SSSR count). The number of hydrogen-bond acceptors (Lipinski definition) is 10. The highest BCUT2D eigenvalue weighted by molar-refractivity contribution is 6.02. The molecule has 6 heterocycles. The van der Waals surface area contributed by atoms with Gasteiger partial charge in [-0.15, -0.1) is 0 Å². The van der Waals surface area contributed by atoms with Crippen LogP contribution in [0.25, 0.3) is 32.9 Å². The lowest BCUT2D eigenvalue weighted by molar-refractivity contribution is 0.0484. The van der Waals surface area contributed by atoms with Gasteiger partial charge in [-0.1, -0.05) is 31.2 Å². The number of rotatable bonds is 9. The highest BCUT2D eigenvalue weighted by Crippen LogP contribution is 2.44. The van der Waals surface area contributed by atoms with Crippen molar-refractivity contribution in [2.45, 2.75) is 75.5 Å². The van der Waals surface area contributed by atoms with E-state index in [1.165, 1.54) is 18.1 Å². The van der Waals surface area contributed by atoms with Crippen LogP contribution < -0.4 is 19.7 Å². The Morgan fingerprint density at radius 3 is 2.59 bits per heavy atom. The van der Waals surface area contributed by atoms with Crippen LogP contribution in [0.5, 0.6) is 11.9 Å². The third-order valence-corrected chi connectivity index (χ3v) is 11.4. The monoisotopic (exact) mass is 701 g/mol. The van der Waals surface area contributed by atoms with Gasteiger partial charge in [0.1, 0.15) is 41.4 Å². The van der Waals surface area contributed by atoms with Crippen molar-refractivity contribution in [1.29, 1.82) is 0 Å². The summed E-state index contributed by atoms with van der Waals surface area (Å²) in [6.07, 6.45) is 5.88. The molecule has 270 valence electrons. The van der Waals surface area contributed by atoms with Crippen LogP contribution in [0.4, 0.5) is 19.4 Å². The van der Waals surface area contributed by atoms with Crippen LogP contribution in [-0.2, 0) is 11.2 Å². The predicted molar refractivity (Wildman–Crippen MR) is 191 cm³/mol. The molecule has 4 saturated heterocycles. The van der Waals surface area contributed by atoms with Crippen LogP contribution in [0.2, 0.25) is 0 Å². The van der Waals surface area contributed by atoms with E-state index >= 15 is 8.78 Å². The molecule has 1 N–H and O–H groups in total. The summed E-state index contributed by atoms with van der Waals surface area (Å²) < 4.78 is 50.3. The lowest BCUT2D eigenvalue weighted by Crippen LogP contribution is -2.51. The molecule has 4 aromatic rings. The number of piperazine rings is 1. The predicted octanol–water partition coefficient (Wildman–Crippen LogP) is 5.71. The summed E-state index contributed by atoms with van der Waals surface area (Å²) in [6.45, 7) is 4.80. The van der Waals surface area contributed by atoms with E-state index in [9.17, 15) is 4.79 Å². The van der Waals surface area contributed by atoms with E-state index < -0.39 is 5.82 Å². The largest absolute Gasteiger partial charge is 0.480 e. The van der Waals surface area contributed by atoms with Crippen molar-refractivity contribution in [3.63, 3.8) is 0 Å². The molecule has 4 fully saturated rings. The molecule has 1 amide bonds. The number of hydrogen-bond donors (Lipinski definition) is 1. The van der Waals surface area contributed by atoms with Crippen molar-refractivity contribution >= 4 is 33.6 Å². The second kappa shape index (κ2) is 13.3. The van der Waals surface area contributed by atoms with Gasteiger partial charge in [-0.25, -0.2) is 18.6 Å². The fraction of sp³-hybridized carbons (Fsp3) is 0.526. The van der Waals surface area contributed by atoms with E-state index in [2.05, 4.69) is 15.1 Å². The van der Waals surface area contributed by atoms with Crippen LogP contribution in [0, 0.1) is 11.6 Å². The minimum Gasteiger partial charge on any atom is -0.480 e. The maximum Gasteiger partial charge on any atom is 0.409 e. The number of fused-ring (bicyclic) bond motifs is 5. The van der Waals surface area contributed by atoms with E-state index in [4.69, 9.17) is 29.2 Å². The molecule has 13 heteroatoms. The molecule has 2 bridgehead atoms. The molecule has 4 atom stereocenters. The summed E-state index contributed by atoms with van der Waals surface area (Å²) in [7, 11) is 4.87. The number of ether oxygens (including phenoxy) is 3. The van der Waals surface area contributed by atoms with E-state index in [0.717, 1.165) is 50.5 Å². The van der Waals surface area contributed by atoms with Gasteiger partial charge in [0.25, 0.3) is 0 Å². The molecule has 11 nitrogen and oxygen atoms in total.